The molecule has 3 atom stereocenters. The predicted molar refractivity (Wildman–Crippen MR) is 94.6 cm³/mol. The number of sulfone groups is 1. The van der Waals surface area contributed by atoms with Crippen molar-refractivity contribution in [3.05, 3.63) is 48.0 Å². The fourth-order valence-corrected chi connectivity index (χ4v) is 5.56. The highest BCUT2D eigenvalue weighted by molar-refractivity contribution is 7.91. The predicted octanol–water partition coefficient (Wildman–Crippen LogP) is 2.49. The van der Waals surface area contributed by atoms with Gasteiger partial charge in [0.2, 0.25) is 5.91 Å². The first-order valence-corrected chi connectivity index (χ1v) is 10.3. The van der Waals surface area contributed by atoms with E-state index >= 15 is 0 Å². The lowest BCUT2D eigenvalue weighted by atomic mass is 10.0. The molecule has 2 aromatic carbocycles. The second-order valence-electron chi connectivity index (χ2n) is 7.07. The molecule has 0 aromatic heterocycles. The summed E-state index contributed by atoms with van der Waals surface area (Å²) in [7, 11) is -2.87. The lowest BCUT2D eigenvalue weighted by Gasteiger charge is -2.09. The third kappa shape index (κ3) is 3.18. The zero-order chi connectivity index (χ0) is 16.7. The summed E-state index contributed by atoms with van der Waals surface area (Å²) >= 11 is 0. The molecule has 0 spiro atoms. The van der Waals surface area contributed by atoms with Gasteiger partial charge in [-0.1, -0.05) is 42.5 Å². The Morgan fingerprint density at radius 1 is 1.12 bits per heavy atom. The molecule has 2 aromatic rings. The molecule has 0 unspecified atom stereocenters. The molecule has 1 aliphatic heterocycles. The molecular weight excluding hydrogens is 322 g/mol. The molecule has 2 aliphatic rings. The number of fused-ring (bicyclic) bond motifs is 1. The summed E-state index contributed by atoms with van der Waals surface area (Å²) in [6.45, 7) is 0.485. The van der Waals surface area contributed by atoms with Gasteiger partial charge in [0.15, 0.2) is 9.84 Å². The molecule has 5 heteroatoms. The van der Waals surface area contributed by atoms with Crippen LogP contribution in [0, 0.1) is 11.8 Å². The molecule has 4 rings (SSSR count). The highest BCUT2D eigenvalue weighted by Gasteiger charge is 2.44. The summed E-state index contributed by atoms with van der Waals surface area (Å²) in [6.07, 6.45) is 1.55. The first kappa shape index (κ1) is 15.6. The lowest BCUT2D eigenvalue weighted by molar-refractivity contribution is -0.122. The second kappa shape index (κ2) is 5.88. The largest absolute Gasteiger partial charge is 0.356 e. The van der Waals surface area contributed by atoms with Crippen LogP contribution < -0.4 is 5.32 Å². The minimum Gasteiger partial charge on any atom is -0.356 e. The smallest absolute Gasteiger partial charge is 0.223 e. The third-order valence-electron chi connectivity index (χ3n) is 5.22. The molecule has 1 heterocycles. The third-order valence-corrected chi connectivity index (χ3v) is 7.06. The van der Waals surface area contributed by atoms with Crippen molar-refractivity contribution in [2.45, 2.75) is 18.8 Å². The molecule has 1 saturated carbocycles. The number of rotatable bonds is 4. The standard InChI is InChI=1S/C19H21NO3S/c21-19(20-11-13-7-8-24(22,23)12-13)18-10-17(18)16-6-5-14-3-1-2-4-15(14)9-16/h1-6,9,13,17-18H,7-8,10-12H2,(H,20,21)/t13-,17-,18-/m1/s1. The van der Waals surface area contributed by atoms with Gasteiger partial charge in [-0.15, -0.1) is 0 Å². The lowest BCUT2D eigenvalue weighted by Crippen LogP contribution is -2.31. The van der Waals surface area contributed by atoms with Gasteiger partial charge in [0.25, 0.3) is 0 Å². The molecular formula is C19H21NO3S. The Kier molecular flexibility index (Phi) is 3.83. The molecule has 1 N–H and O–H groups in total. The average molecular weight is 343 g/mol. The maximum absolute atomic E-state index is 12.3. The molecule has 2 fully saturated rings. The van der Waals surface area contributed by atoms with Crippen molar-refractivity contribution >= 4 is 26.5 Å². The van der Waals surface area contributed by atoms with Gasteiger partial charge in [-0.05, 0) is 41.0 Å². The van der Waals surface area contributed by atoms with Crippen LogP contribution in [-0.2, 0) is 14.6 Å². The summed E-state index contributed by atoms with van der Waals surface area (Å²) in [6, 6.07) is 14.6. The number of carbonyl (C=O) groups excluding carboxylic acids is 1. The zero-order valence-corrected chi connectivity index (χ0v) is 14.3. The number of benzene rings is 2. The van der Waals surface area contributed by atoms with E-state index in [1.54, 1.807) is 0 Å². The topological polar surface area (TPSA) is 63.2 Å². The number of carbonyl (C=O) groups is 1. The molecule has 1 amide bonds. The first-order valence-electron chi connectivity index (χ1n) is 8.49. The number of nitrogens with one attached hydrogen (secondary N) is 1. The van der Waals surface area contributed by atoms with Crippen LogP contribution in [0.3, 0.4) is 0 Å². The van der Waals surface area contributed by atoms with Crippen molar-refractivity contribution in [2.24, 2.45) is 11.8 Å². The van der Waals surface area contributed by atoms with E-state index in [9.17, 15) is 13.2 Å². The van der Waals surface area contributed by atoms with E-state index in [0.717, 1.165) is 6.42 Å². The summed E-state index contributed by atoms with van der Waals surface area (Å²) in [5.74, 6) is 0.947. The van der Waals surface area contributed by atoms with Gasteiger partial charge in [0.05, 0.1) is 11.5 Å². The molecule has 0 radical (unpaired) electrons. The second-order valence-corrected chi connectivity index (χ2v) is 9.30. The Morgan fingerprint density at radius 3 is 2.67 bits per heavy atom. The maximum atomic E-state index is 12.3. The van der Waals surface area contributed by atoms with Gasteiger partial charge in [-0.25, -0.2) is 8.42 Å². The van der Waals surface area contributed by atoms with Gasteiger partial charge in [-0.2, -0.15) is 0 Å². The summed E-state index contributed by atoms with van der Waals surface area (Å²) < 4.78 is 22.9. The van der Waals surface area contributed by atoms with Crippen LogP contribution in [0.4, 0.5) is 0 Å². The van der Waals surface area contributed by atoms with Crippen molar-refractivity contribution in [3.8, 4) is 0 Å². The van der Waals surface area contributed by atoms with E-state index in [2.05, 4.69) is 35.6 Å². The van der Waals surface area contributed by atoms with Crippen molar-refractivity contribution in [1.29, 1.82) is 0 Å². The maximum Gasteiger partial charge on any atom is 0.223 e. The van der Waals surface area contributed by atoms with E-state index < -0.39 is 9.84 Å². The van der Waals surface area contributed by atoms with Gasteiger partial charge >= 0.3 is 0 Å². The van der Waals surface area contributed by atoms with Crippen LogP contribution in [-0.4, -0.2) is 32.4 Å². The summed E-state index contributed by atoms with van der Waals surface area (Å²) in [5.41, 5.74) is 1.22. The minimum absolute atomic E-state index is 0.0316. The van der Waals surface area contributed by atoms with E-state index in [1.165, 1.54) is 16.3 Å². The van der Waals surface area contributed by atoms with Gasteiger partial charge in [0, 0.05) is 12.5 Å². The quantitative estimate of drug-likeness (QED) is 0.928. The highest BCUT2D eigenvalue weighted by atomic mass is 32.2. The normalized spacial score (nSPS) is 27.9. The van der Waals surface area contributed by atoms with Gasteiger partial charge in [-0.3, -0.25) is 4.79 Å². The Hall–Kier alpha value is -1.88. The molecule has 126 valence electrons. The van der Waals surface area contributed by atoms with Crippen LogP contribution in [0.25, 0.3) is 10.8 Å². The Morgan fingerprint density at radius 2 is 1.92 bits per heavy atom. The highest BCUT2D eigenvalue weighted by Crippen LogP contribution is 2.48. The Bertz CT molecular complexity index is 890. The van der Waals surface area contributed by atoms with Crippen LogP contribution in [0.1, 0.15) is 24.3 Å². The fraction of sp³-hybridized carbons (Fsp3) is 0.421. The number of hydrogen-bond acceptors (Lipinski definition) is 3. The Balaban J connectivity index is 1.36. The fourth-order valence-electron chi connectivity index (χ4n) is 3.70. The zero-order valence-electron chi connectivity index (χ0n) is 13.4. The van der Waals surface area contributed by atoms with Gasteiger partial charge in [0.1, 0.15) is 0 Å². The summed E-state index contributed by atoms with van der Waals surface area (Å²) in [5, 5.41) is 5.38. The van der Waals surface area contributed by atoms with E-state index in [1.807, 2.05) is 12.1 Å². The van der Waals surface area contributed by atoms with Crippen molar-refractivity contribution < 1.29 is 13.2 Å². The van der Waals surface area contributed by atoms with Crippen molar-refractivity contribution in [1.82, 2.24) is 5.32 Å². The first-order chi connectivity index (χ1) is 11.5. The van der Waals surface area contributed by atoms with Crippen LogP contribution in [0.5, 0.6) is 0 Å². The van der Waals surface area contributed by atoms with Gasteiger partial charge < -0.3 is 5.32 Å². The average Bonchev–Trinajstić information content (AvgIpc) is 3.30. The van der Waals surface area contributed by atoms with E-state index in [-0.39, 0.29) is 29.2 Å². The molecule has 4 nitrogen and oxygen atoms in total. The number of hydrogen-bond donors (Lipinski definition) is 1. The van der Waals surface area contributed by atoms with Crippen LogP contribution in [0.2, 0.25) is 0 Å². The SMILES string of the molecule is O=C(NC[C@H]1CCS(=O)(=O)C1)[C@@H]1C[C@@H]1c1ccc2ccccc2c1. The van der Waals surface area contributed by atoms with Crippen LogP contribution in [0.15, 0.2) is 42.5 Å². The van der Waals surface area contributed by atoms with E-state index in [0.29, 0.717) is 18.9 Å². The molecule has 0 bridgehead atoms. The minimum atomic E-state index is -2.87. The molecule has 1 saturated heterocycles. The summed E-state index contributed by atoms with van der Waals surface area (Å²) in [4.78, 5) is 12.3. The Labute approximate surface area is 142 Å². The van der Waals surface area contributed by atoms with E-state index in [4.69, 9.17) is 0 Å². The molecule has 24 heavy (non-hydrogen) atoms. The molecule has 1 aliphatic carbocycles. The van der Waals surface area contributed by atoms with Crippen molar-refractivity contribution in [3.63, 3.8) is 0 Å². The van der Waals surface area contributed by atoms with Crippen LogP contribution >= 0.6 is 0 Å². The van der Waals surface area contributed by atoms with Crippen molar-refractivity contribution in [2.75, 3.05) is 18.1 Å². The monoisotopic (exact) mass is 343 g/mol. The number of amides is 1.